The molecular weight excluding hydrogens is 270 g/mol. The lowest BCUT2D eigenvalue weighted by molar-refractivity contribution is 0.144. The monoisotopic (exact) mass is 291 g/mol. The second-order valence-corrected chi connectivity index (χ2v) is 6.81. The van der Waals surface area contributed by atoms with E-state index in [-0.39, 0.29) is 11.6 Å². The predicted octanol–water partition coefficient (Wildman–Crippen LogP) is 3.84. The standard InChI is InChI=1S/C15H21N3OS/c1-11-8-6-7-9-12(11)16-13-17(5)14(19)18(10-20-13)15(2,3)4/h6-9H,10H2,1-5H3. The minimum absolute atomic E-state index is 0.00332. The van der Waals surface area contributed by atoms with Gasteiger partial charge in [0.2, 0.25) is 0 Å². The molecule has 1 heterocycles. The largest absolute Gasteiger partial charge is 0.326 e. The first-order valence-corrected chi connectivity index (χ1v) is 7.61. The Morgan fingerprint density at radius 2 is 1.90 bits per heavy atom. The van der Waals surface area contributed by atoms with Crippen molar-refractivity contribution in [3.05, 3.63) is 29.8 Å². The number of thioether (sulfide) groups is 1. The predicted molar refractivity (Wildman–Crippen MR) is 85.5 cm³/mol. The number of nitrogens with zero attached hydrogens (tertiary/aromatic N) is 3. The van der Waals surface area contributed by atoms with Gasteiger partial charge in [0.1, 0.15) is 0 Å². The van der Waals surface area contributed by atoms with E-state index in [2.05, 4.69) is 4.99 Å². The third kappa shape index (κ3) is 2.98. The molecule has 1 aromatic rings. The van der Waals surface area contributed by atoms with Crippen LogP contribution in [-0.4, -0.2) is 39.5 Å². The number of benzene rings is 1. The smallest absolute Gasteiger partial charge is 0.310 e. The SMILES string of the molecule is Cc1ccccc1N=C1SCN(C(C)(C)C)C(=O)N1C. The summed E-state index contributed by atoms with van der Waals surface area (Å²) in [6.45, 7) is 8.16. The molecule has 5 heteroatoms. The zero-order valence-corrected chi connectivity index (χ0v) is 13.5. The van der Waals surface area contributed by atoms with E-state index in [4.69, 9.17) is 0 Å². The second kappa shape index (κ2) is 5.48. The van der Waals surface area contributed by atoms with Crippen LogP contribution >= 0.6 is 11.8 Å². The van der Waals surface area contributed by atoms with Gasteiger partial charge >= 0.3 is 6.03 Å². The number of carbonyl (C=O) groups is 1. The van der Waals surface area contributed by atoms with Crippen LogP contribution in [-0.2, 0) is 0 Å². The molecule has 0 N–H and O–H groups in total. The Bertz CT molecular complexity index is 548. The van der Waals surface area contributed by atoms with Gasteiger partial charge in [-0.1, -0.05) is 30.0 Å². The zero-order chi connectivity index (χ0) is 14.9. The number of amides is 2. The van der Waals surface area contributed by atoms with Crippen LogP contribution in [0, 0.1) is 6.92 Å². The van der Waals surface area contributed by atoms with Crippen molar-refractivity contribution in [1.29, 1.82) is 0 Å². The quantitative estimate of drug-likeness (QED) is 0.788. The van der Waals surface area contributed by atoms with E-state index in [0.29, 0.717) is 5.88 Å². The van der Waals surface area contributed by atoms with Crippen molar-refractivity contribution in [2.75, 3.05) is 12.9 Å². The highest BCUT2D eigenvalue weighted by Crippen LogP contribution is 2.28. The molecule has 0 atom stereocenters. The lowest BCUT2D eigenvalue weighted by Crippen LogP contribution is -2.55. The maximum atomic E-state index is 12.4. The van der Waals surface area contributed by atoms with Gasteiger partial charge in [-0.3, -0.25) is 4.90 Å². The fourth-order valence-corrected chi connectivity index (χ4v) is 3.09. The highest BCUT2D eigenvalue weighted by molar-refractivity contribution is 8.13. The number of aryl methyl sites for hydroxylation is 1. The van der Waals surface area contributed by atoms with Crippen molar-refractivity contribution < 1.29 is 4.79 Å². The summed E-state index contributed by atoms with van der Waals surface area (Å²) in [6.07, 6.45) is 0. The van der Waals surface area contributed by atoms with E-state index in [1.165, 1.54) is 0 Å². The molecule has 0 radical (unpaired) electrons. The third-order valence-corrected chi connectivity index (χ3v) is 4.28. The van der Waals surface area contributed by atoms with Crippen LogP contribution in [0.3, 0.4) is 0 Å². The Labute approximate surface area is 124 Å². The van der Waals surface area contributed by atoms with Crippen molar-refractivity contribution >= 4 is 28.6 Å². The van der Waals surface area contributed by atoms with Crippen molar-refractivity contribution in [2.24, 2.45) is 4.99 Å². The number of rotatable bonds is 1. The molecule has 1 aliphatic heterocycles. The average molecular weight is 291 g/mol. The number of urea groups is 1. The van der Waals surface area contributed by atoms with Crippen molar-refractivity contribution in [2.45, 2.75) is 33.2 Å². The molecule has 4 nitrogen and oxygen atoms in total. The normalized spacial score (nSPS) is 18.9. The number of carbonyl (C=O) groups excluding carboxylic acids is 1. The van der Waals surface area contributed by atoms with Crippen LogP contribution in [0.4, 0.5) is 10.5 Å². The summed E-state index contributed by atoms with van der Waals surface area (Å²) in [5, 5.41) is 0.754. The van der Waals surface area contributed by atoms with Crippen molar-refractivity contribution in [1.82, 2.24) is 9.80 Å². The Kier molecular flexibility index (Phi) is 4.09. The Hall–Kier alpha value is -1.49. The first-order chi connectivity index (χ1) is 9.30. The molecule has 108 valence electrons. The first kappa shape index (κ1) is 14.9. The van der Waals surface area contributed by atoms with E-state index in [9.17, 15) is 4.79 Å². The Morgan fingerprint density at radius 3 is 2.50 bits per heavy atom. The summed E-state index contributed by atoms with van der Waals surface area (Å²) in [5.41, 5.74) is 1.85. The highest BCUT2D eigenvalue weighted by Gasteiger charge is 2.35. The number of aliphatic imine (C=N–C) groups is 1. The number of hydrogen-bond acceptors (Lipinski definition) is 3. The Morgan fingerprint density at radius 1 is 1.25 bits per heavy atom. The van der Waals surface area contributed by atoms with Gasteiger partial charge in [0.25, 0.3) is 0 Å². The molecule has 1 saturated heterocycles. The van der Waals surface area contributed by atoms with Gasteiger partial charge in [-0.2, -0.15) is 0 Å². The molecular formula is C15H21N3OS. The fraction of sp³-hybridized carbons (Fsp3) is 0.467. The average Bonchev–Trinajstić information content (AvgIpc) is 2.36. The maximum absolute atomic E-state index is 12.4. The summed E-state index contributed by atoms with van der Waals surface area (Å²) in [4.78, 5) is 20.5. The molecule has 0 saturated carbocycles. The Balaban J connectivity index is 2.26. The van der Waals surface area contributed by atoms with Gasteiger partial charge in [0.15, 0.2) is 5.17 Å². The lowest BCUT2D eigenvalue weighted by Gasteiger charge is -2.41. The second-order valence-electron chi connectivity index (χ2n) is 5.89. The lowest BCUT2D eigenvalue weighted by atomic mass is 10.1. The van der Waals surface area contributed by atoms with Crippen LogP contribution in [0.5, 0.6) is 0 Å². The summed E-state index contributed by atoms with van der Waals surface area (Å²) < 4.78 is 0. The molecule has 1 fully saturated rings. The van der Waals surface area contributed by atoms with Crippen molar-refractivity contribution in [3.8, 4) is 0 Å². The van der Waals surface area contributed by atoms with Gasteiger partial charge in [-0.25, -0.2) is 9.79 Å². The molecule has 0 spiro atoms. The van der Waals surface area contributed by atoms with E-state index in [1.807, 2.05) is 56.9 Å². The first-order valence-electron chi connectivity index (χ1n) is 6.63. The molecule has 1 aliphatic rings. The molecule has 0 aliphatic carbocycles. The topological polar surface area (TPSA) is 35.9 Å². The summed E-state index contributed by atoms with van der Waals surface area (Å²) in [6, 6.07) is 7.95. The van der Waals surface area contributed by atoms with Gasteiger partial charge in [-0.05, 0) is 39.3 Å². The number of hydrogen-bond donors (Lipinski definition) is 0. The van der Waals surface area contributed by atoms with E-state index < -0.39 is 0 Å². The van der Waals surface area contributed by atoms with Gasteiger partial charge in [-0.15, -0.1) is 0 Å². The molecule has 0 aromatic heterocycles. The van der Waals surface area contributed by atoms with Gasteiger partial charge in [0.05, 0.1) is 11.6 Å². The van der Waals surface area contributed by atoms with E-state index in [0.717, 1.165) is 16.4 Å². The highest BCUT2D eigenvalue weighted by atomic mass is 32.2. The fourth-order valence-electron chi connectivity index (χ4n) is 1.92. The van der Waals surface area contributed by atoms with E-state index in [1.54, 1.807) is 23.7 Å². The van der Waals surface area contributed by atoms with Crippen LogP contribution < -0.4 is 0 Å². The van der Waals surface area contributed by atoms with Crippen molar-refractivity contribution in [3.63, 3.8) is 0 Å². The maximum Gasteiger partial charge on any atom is 0.326 e. The van der Waals surface area contributed by atoms with Gasteiger partial charge in [0, 0.05) is 12.6 Å². The number of para-hydroxylation sites is 1. The van der Waals surface area contributed by atoms with Crippen LogP contribution in [0.15, 0.2) is 29.3 Å². The number of amidine groups is 1. The van der Waals surface area contributed by atoms with Crippen LogP contribution in [0.2, 0.25) is 0 Å². The molecule has 2 rings (SSSR count). The molecule has 0 unspecified atom stereocenters. The molecule has 1 aromatic carbocycles. The zero-order valence-electron chi connectivity index (χ0n) is 12.7. The van der Waals surface area contributed by atoms with Crippen LogP contribution in [0.25, 0.3) is 0 Å². The molecule has 0 bridgehead atoms. The summed E-state index contributed by atoms with van der Waals surface area (Å²) in [7, 11) is 1.78. The minimum Gasteiger partial charge on any atom is -0.310 e. The molecule has 2 amide bonds. The summed E-state index contributed by atoms with van der Waals surface area (Å²) in [5.74, 6) is 0.636. The van der Waals surface area contributed by atoms with Crippen LogP contribution in [0.1, 0.15) is 26.3 Å². The third-order valence-electron chi connectivity index (χ3n) is 3.27. The molecule has 20 heavy (non-hydrogen) atoms. The summed E-state index contributed by atoms with van der Waals surface area (Å²) >= 11 is 1.59. The minimum atomic E-state index is -0.174. The van der Waals surface area contributed by atoms with E-state index >= 15 is 0 Å². The van der Waals surface area contributed by atoms with Gasteiger partial charge < -0.3 is 4.90 Å².